The molecule has 1 heterocycles. The Kier molecular flexibility index (Phi) is 4.03. The van der Waals surface area contributed by atoms with E-state index in [-0.39, 0.29) is 11.5 Å². The summed E-state index contributed by atoms with van der Waals surface area (Å²) in [7, 11) is 2.61. The molecule has 0 aliphatic heterocycles. The molecule has 1 atom stereocenters. The van der Waals surface area contributed by atoms with Crippen LogP contribution in [-0.2, 0) is 16.6 Å². The largest absolute Gasteiger partial charge is 0.467 e. The lowest BCUT2D eigenvalue weighted by atomic mass is 10.3. The first-order valence-corrected chi connectivity index (χ1v) is 5.07. The standard InChI is InChI=1S/C10H13N3O5/c1-6(10(15)18-3)11-9(14)7-4-5-8(12(7)2)13(16)17/h4-6H,1-3H3,(H,11,14). The van der Waals surface area contributed by atoms with Gasteiger partial charge in [0.15, 0.2) is 5.69 Å². The first-order valence-electron chi connectivity index (χ1n) is 5.07. The molecule has 8 heteroatoms. The van der Waals surface area contributed by atoms with Crippen LogP contribution in [0.3, 0.4) is 0 Å². The van der Waals surface area contributed by atoms with Crippen LogP contribution in [0.1, 0.15) is 17.4 Å². The van der Waals surface area contributed by atoms with Crippen molar-refractivity contribution in [2.45, 2.75) is 13.0 Å². The summed E-state index contributed by atoms with van der Waals surface area (Å²) >= 11 is 0. The molecule has 1 unspecified atom stereocenters. The molecule has 0 aromatic carbocycles. The Morgan fingerprint density at radius 1 is 1.50 bits per heavy atom. The molecule has 18 heavy (non-hydrogen) atoms. The number of amides is 1. The number of nitrogens with zero attached hydrogens (tertiary/aromatic N) is 2. The van der Waals surface area contributed by atoms with Gasteiger partial charge in [0.1, 0.15) is 6.04 Å². The average molecular weight is 255 g/mol. The van der Waals surface area contributed by atoms with E-state index < -0.39 is 22.8 Å². The van der Waals surface area contributed by atoms with E-state index in [4.69, 9.17) is 0 Å². The second-order valence-electron chi connectivity index (χ2n) is 3.61. The number of nitro groups is 1. The lowest BCUT2D eigenvalue weighted by Crippen LogP contribution is -2.39. The van der Waals surface area contributed by atoms with Crippen molar-refractivity contribution in [1.29, 1.82) is 0 Å². The molecule has 0 saturated heterocycles. The number of nitrogens with one attached hydrogen (secondary N) is 1. The summed E-state index contributed by atoms with van der Waals surface area (Å²) in [5, 5.41) is 13.0. The van der Waals surface area contributed by atoms with Gasteiger partial charge < -0.3 is 20.2 Å². The van der Waals surface area contributed by atoms with Crippen LogP contribution in [0.15, 0.2) is 12.1 Å². The zero-order valence-corrected chi connectivity index (χ0v) is 10.2. The highest BCUT2D eigenvalue weighted by molar-refractivity contribution is 5.95. The summed E-state index contributed by atoms with van der Waals surface area (Å²) in [6, 6.07) is 1.71. The summed E-state index contributed by atoms with van der Waals surface area (Å²) in [4.78, 5) is 32.9. The van der Waals surface area contributed by atoms with Gasteiger partial charge in [0, 0.05) is 6.07 Å². The van der Waals surface area contributed by atoms with Gasteiger partial charge in [-0.25, -0.2) is 9.36 Å². The van der Waals surface area contributed by atoms with Crippen LogP contribution in [0.5, 0.6) is 0 Å². The highest BCUT2D eigenvalue weighted by Crippen LogP contribution is 2.14. The van der Waals surface area contributed by atoms with E-state index in [0.717, 1.165) is 4.57 Å². The number of ether oxygens (including phenoxy) is 1. The summed E-state index contributed by atoms with van der Waals surface area (Å²) < 4.78 is 5.59. The minimum Gasteiger partial charge on any atom is -0.467 e. The molecule has 0 aliphatic carbocycles. The quantitative estimate of drug-likeness (QED) is 0.471. The van der Waals surface area contributed by atoms with Gasteiger partial charge in [-0.05, 0) is 17.9 Å². The van der Waals surface area contributed by atoms with Gasteiger partial charge in [0.25, 0.3) is 5.91 Å². The van der Waals surface area contributed by atoms with E-state index in [1.165, 1.54) is 33.2 Å². The molecule has 1 rings (SSSR count). The van der Waals surface area contributed by atoms with Crippen LogP contribution in [-0.4, -0.2) is 34.5 Å². The predicted octanol–water partition coefficient (Wildman–Crippen LogP) is 0.225. The Bertz CT molecular complexity index is 494. The molecule has 8 nitrogen and oxygen atoms in total. The first-order chi connectivity index (χ1) is 8.38. The van der Waals surface area contributed by atoms with Gasteiger partial charge in [-0.15, -0.1) is 0 Å². The zero-order chi connectivity index (χ0) is 13.9. The number of hydrogen-bond donors (Lipinski definition) is 1. The van der Waals surface area contributed by atoms with Crippen molar-refractivity contribution in [2.75, 3.05) is 7.11 Å². The maximum atomic E-state index is 11.8. The van der Waals surface area contributed by atoms with Crippen LogP contribution < -0.4 is 5.32 Å². The normalized spacial score (nSPS) is 11.7. The molecule has 0 bridgehead atoms. The van der Waals surface area contributed by atoms with E-state index in [9.17, 15) is 19.7 Å². The fraction of sp³-hybridized carbons (Fsp3) is 0.400. The smallest absolute Gasteiger partial charge is 0.328 e. The minimum atomic E-state index is -0.823. The SMILES string of the molecule is COC(=O)C(C)NC(=O)c1ccc([N+](=O)[O-])n1C. The number of aromatic nitrogens is 1. The molecule has 98 valence electrons. The van der Waals surface area contributed by atoms with Gasteiger partial charge in [0.05, 0.1) is 14.2 Å². The van der Waals surface area contributed by atoms with E-state index in [0.29, 0.717) is 0 Å². The number of rotatable bonds is 4. The van der Waals surface area contributed by atoms with Gasteiger partial charge in [-0.1, -0.05) is 0 Å². The molecule has 0 radical (unpaired) electrons. The number of esters is 1. The van der Waals surface area contributed by atoms with Crippen LogP contribution in [0.4, 0.5) is 5.82 Å². The third kappa shape index (κ3) is 2.65. The second kappa shape index (κ2) is 5.30. The van der Waals surface area contributed by atoms with E-state index in [2.05, 4.69) is 10.1 Å². The Labute approximate surface area is 103 Å². The number of hydrogen-bond acceptors (Lipinski definition) is 5. The predicted molar refractivity (Wildman–Crippen MR) is 61.0 cm³/mol. The fourth-order valence-corrected chi connectivity index (χ4v) is 1.42. The summed E-state index contributed by atoms with van der Waals surface area (Å²) in [6.45, 7) is 1.46. The van der Waals surface area contributed by atoms with Gasteiger partial charge >= 0.3 is 11.8 Å². The Morgan fingerprint density at radius 3 is 2.56 bits per heavy atom. The van der Waals surface area contributed by atoms with Crippen molar-refractivity contribution >= 4 is 17.7 Å². The lowest BCUT2D eigenvalue weighted by molar-refractivity contribution is -0.391. The number of methoxy groups -OCH3 is 1. The third-order valence-corrected chi connectivity index (χ3v) is 2.42. The topological polar surface area (TPSA) is 103 Å². The van der Waals surface area contributed by atoms with Gasteiger partial charge in [-0.3, -0.25) is 4.79 Å². The first kappa shape index (κ1) is 13.7. The molecular formula is C10H13N3O5. The average Bonchev–Trinajstić information content (AvgIpc) is 2.69. The number of carbonyl (C=O) groups excluding carboxylic acids is 2. The molecule has 0 saturated carbocycles. The van der Waals surface area contributed by atoms with Crippen molar-refractivity contribution in [1.82, 2.24) is 9.88 Å². The zero-order valence-electron chi connectivity index (χ0n) is 10.2. The lowest BCUT2D eigenvalue weighted by Gasteiger charge is -2.10. The summed E-state index contributed by atoms with van der Waals surface area (Å²) in [6.07, 6.45) is 0. The molecule has 0 fully saturated rings. The monoisotopic (exact) mass is 255 g/mol. The van der Waals surface area contributed by atoms with Crippen molar-refractivity contribution in [3.8, 4) is 0 Å². The second-order valence-corrected chi connectivity index (χ2v) is 3.61. The number of carbonyl (C=O) groups is 2. The van der Waals surface area contributed by atoms with Crippen molar-refractivity contribution in [3.05, 3.63) is 27.9 Å². The molecule has 1 N–H and O–H groups in total. The fourth-order valence-electron chi connectivity index (χ4n) is 1.42. The van der Waals surface area contributed by atoms with Crippen LogP contribution in [0, 0.1) is 10.1 Å². The van der Waals surface area contributed by atoms with E-state index >= 15 is 0 Å². The van der Waals surface area contributed by atoms with Crippen LogP contribution >= 0.6 is 0 Å². The Balaban J connectivity index is 2.86. The Morgan fingerprint density at radius 2 is 2.11 bits per heavy atom. The minimum absolute atomic E-state index is 0.0949. The van der Waals surface area contributed by atoms with Crippen LogP contribution in [0.2, 0.25) is 0 Å². The Hall–Kier alpha value is -2.38. The van der Waals surface area contributed by atoms with E-state index in [1.807, 2.05) is 0 Å². The highest BCUT2D eigenvalue weighted by atomic mass is 16.6. The molecule has 0 aliphatic rings. The van der Waals surface area contributed by atoms with Gasteiger partial charge in [-0.2, -0.15) is 0 Å². The van der Waals surface area contributed by atoms with Crippen molar-refractivity contribution in [3.63, 3.8) is 0 Å². The third-order valence-electron chi connectivity index (χ3n) is 2.42. The summed E-state index contributed by atoms with van der Waals surface area (Å²) in [5.74, 6) is -1.37. The molecule has 1 amide bonds. The van der Waals surface area contributed by atoms with Crippen molar-refractivity contribution < 1.29 is 19.2 Å². The molecule has 1 aromatic heterocycles. The van der Waals surface area contributed by atoms with Crippen molar-refractivity contribution in [2.24, 2.45) is 7.05 Å². The molecular weight excluding hydrogens is 242 g/mol. The van der Waals surface area contributed by atoms with Gasteiger partial charge in [0.2, 0.25) is 0 Å². The molecule has 1 aromatic rings. The van der Waals surface area contributed by atoms with Crippen LogP contribution in [0.25, 0.3) is 0 Å². The maximum absolute atomic E-state index is 11.8. The molecule has 0 spiro atoms. The maximum Gasteiger partial charge on any atom is 0.328 e. The van der Waals surface area contributed by atoms with E-state index in [1.54, 1.807) is 0 Å². The highest BCUT2D eigenvalue weighted by Gasteiger charge is 2.23. The summed E-state index contributed by atoms with van der Waals surface area (Å²) in [5.41, 5.74) is 0.0949.